The van der Waals surface area contributed by atoms with Crippen LogP contribution in [0.2, 0.25) is 0 Å². The van der Waals surface area contributed by atoms with Gasteiger partial charge in [0.25, 0.3) is 0 Å². The van der Waals surface area contributed by atoms with Gasteiger partial charge in [0.05, 0.1) is 6.10 Å². The fraction of sp³-hybridized carbons (Fsp3) is 0.455. The summed E-state index contributed by atoms with van der Waals surface area (Å²) in [6.07, 6.45) is -0.446. The summed E-state index contributed by atoms with van der Waals surface area (Å²) >= 11 is 0. The van der Waals surface area contributed by atoms with Crippen molar-refractivity contribution in [1.29, 1.82) is 0 Å². The quantitative estimate of drug-likeness (QED) is 0.750. The van der Waals surface area contributed by atoms with Gasteiger partial charge in [-0.1, -0.05) is 18.2 Å². The second-order valence-electron chi connectivity index (χ2n) is 3.53. The van der Waals surface area contributed by atoms with E-state index in [9.17, 15) is 5.11 Å². The topological polar surface area (TPSA) is 35.5 Å². The molecular weight excluding hydrogens is 176 g/mol. The van der Waals surface area contributed by atoms with Crippen LogP contribution in [0.1, 0.15) is 11.7 Å². The van der Waals surface area contributed by atoms with E-state index in [1.807, 2.05) is 50.3 Å². The van der Waals surface area contributed by atoms with Gasteiger partial charge >= 0.3 is 0 Å². The molecular formula is C11H18N2O. The Hall–Kier alpha value is -1.06. The molecule has 1 atom stereocenters. The highest BCUT2D eigenvalue weighted by molar-refractivity contribution is 5.53. The molecule has 0 saturated carbocycles. The summed E-state index contributed by atoms with van der Waals surface area (Å²) in [7, 11) is 5.79. The number of anilines is 1. The first kappa shape index (κ1) is 11.0. The van der Waals surface area contributed by atoms with E-state index in [0.717, 1.165) is 11.3 Å². The van der Waals surface area contributed by atoms with Crippen LogP contribution in [0.3, 0.4) is 0 Å². The van der Waals surface area contributed by atoms with Crippen LogP contribution in [0.5, 0.6) is 0 Å². The van der Waals surface area contributed by atoms with Crippen LogP contribution in [-0.4, -0.2) is 32.8 Å². The molecule has 0 aliphatic rings. The van der Waals surface area contributed by atoms with E-state index >= 15 is 0 Å². The van der Waals surface area contributed by atoms with Crippen molar-refractivity contribution in [3.05, 3.63) is 29.8 Å². The van der Waals surface area contributed by atoms with Crippen molar-refractivity contribution in [3.63, 3.8) is 0 Å². The number of likely N-dealkylation sites (N-methyl/N-ethyl adjacent to an activating group) is 1. The number of benzene rings is 1. The summed E-state index contributed by atoms with van der Waals surface area (Å²) in [5.74, 6) is 0. The molecule has 0 fully saturated rings. The molecule has 1 rings (SSSR count). The minimum absolute atomic E-state index is 0.446. The van der Waals surface area contributed by atoms with Crippen LogP contribution in [0.4, 0.5) is 5.69 Å². The van der Waals surface area contributed by atoms with Gasteiger partial charge in [0.2, 0.25) is 0 Å². The summed E-state index contributed by atoms with van der Waals surface area (Å²) in [5.41, 5.74) is 2.03. The Bertz CT molecular complexity index is 286. The monoisotopic (exact) mass is 194 g/mol. The Balaban J connectivity index is 2.94. The van der Waals surface area contributed by atoms with Gasteiger partial charge in [-0.15, -0.1) is 0 Å². The van der Waals surface area contributed by atoms with E-state index in [-0.39, 0.29) is 0 Å². The molecule has 78 valence electrons. The Kier molecular flexibility index (Phi) is 3.92. The fourth-order valence-electron chi connectivity index (χ4n) is 1.48. The summed E-state index contributed by atoms with van der Waals surface area (Å²) in [5, 5.41) is 12.8. The third kappa shape index (κ3) is 2.47. The maximum Gasteiger partial charge on any atom is 0.0934 e. The number of hydrogen-bond donors (Lipinski definition) is 2. The number of aliphatic hydroxyl groups is 1. The first-order valence-corrected chi connectivity index (χ1v) is 4.75. The maximum atomic E-state index is 9.86. The largest absolute Gasteiger partial charge is 0.387 e. The molecule has 1 aromatic rings. The average Bonchev–Trinajstić information content (AvgIpc) is 2.18. The van der Waals surface area contributed by atoms with Crippen LogP contribution in [0, 0.1) is 0 Å². The third-order valence-electron chi connectivity index (χ3n) is 2.18. The molecule has 14 heavy (non-hydrogen) atoms. The number of aliphatic hydroxyl groups excluding tert-OH is 1. The molecule has 0 aromatic heterocycles. The number of nitrogens with one attached hydrogen (secondary N) is 1. The summed E-state index contributed by atoms with van der Waals surface area (Å²) in [6, 6.07) is 7.89. The van der Waals surface area contributed by atoms with Crippen molar-refractivity contribution >= 4 is 5.69 Å². The number of nitrogens with zero attached hydrogens (tertiary/aromatic N) is 1. The molecule has 0 radical (unpaired) electrons. The lowest BCUT2D eigenvalue weighted by atomic mass is 10.1. The van der Waals surface area contributed by atoms with E-state index in [1.54, 1.807) is 0 Å². The lowest BCUT2D eigenvalue weighted by molar-refractivity contribution is 0.178. The molecule has 3 nitrogen and oxygen atoms in total. The minimum atomic E-state index is -0.446. The van der Waals surface area contributed by atoms with Crippen molar-refractivity contribution < 1.29 is 5.11 Å². The van der Waals surface area contributed by atoms with E-state index in [4.69, 9.17) is 0 Å². The van der Waals surface area contributed by atoms with E-state index in [0.29, 0.717) is 6.54 Å². The Labute approximate surface area is 85.4 Å². The molecule has 0 amide bonds. The van der Waals surface area contributed by atoms with Crippen LogP contribution < -0.4 is 10.2 Å². The lowest BCUT2D eigenvalue weighted by Gasteiger charge is -2.20. The van der Waals surface area contributed by atoms with Gasteiger partial charge in [0.15, 0.2) is 0 Å². The molecule has 0 spiro atoms. The highest BCUT2D eigenvalue weighted by Crippen LogP contribution is 2.24. The van der Waals surface area contributed by atoms with Crippen LogP contribution in [0.15, 0.2) is 24.3 Å². The van der Waals surface area contributed by atoms with Gasteiger partial charge in [-0.05, 0) is 13.1 Å². The van der Waals surface area contributed by atoms with E-state index < -0.39 is 6.10 Å². The van der Waals surface area contributed by atoms with Gasteiger partial charge < -0.3 is 15.3 Å². The standard InChI is InChI=1S/C11H18N2O/c1-12-8-11(14)9-6-4-5-7-10(9)13(2)3/h4-7,11-12,14H,8H2,1-3H3. The molecule has 0 saturated heterocycles. The summed E-state index contributed by atoms with van der Waals surface area (Å²) in [4.78, 5) is 2.01. The van der Waals surface area contributed by atoms with E-state index in [2.05, 4.69) is 5.32 Å². The predicted octanol–water partition coefficient (Wildman–Crippen LogP) is 1.01. The molecule has 0 aliphatic carbocycles. The third-order valence-corrected chi connectivity index (χ3v) is 2.18. The highest BCUT2D eigenvalue weighted by atomic mass is 16.3. The van der Waals surface area contributed by atoms with Crippen molar-refractivity contribution in [2.24, 2.45) is 0 Å². The second-order valence-corrected chi connectivity index (χ2v) is 3.53. The molecule has 2 N–H and O–H groups in total. The molecule has 1 unspecified atom stereocenters. The van der Waals surface area contributed by atoms with Crippen molar-refractivity contribution in [2.45, 2.75) is 6.10 Å². The number of para-hydroxylation sites is 1. The molecule has 1 aromatic carbocycles. The van der Waals surface area contributed by atoms with Gasteiger partial charge in [-0.3, -0.25) is 0 Å². The normalized spacial score (nSPS) is 12.6. The lowest BCUT2D eigenvalue weighted by Crippen LogP contribution is -2.20. The van der Waals surface area contributed by atoms with Gasteiger partial charge in [-0.25, -0.2) is 0 Å². The zero-order valence-electron chi connectivity index (χ0n) is 8.99. The predicted molar refractivity (Wildman–Crippen MR) is 59.7 cm³/mol. The van der Waals surface area contributed by atoms with Gasteiger partial charge in [0, 0.05) is 31.9 Å². The van der Waals surface area contributed by atoms with Crippen LogP contribution in [0.25, 0.3) is 0 Å². The molecule has 0 bridgehead atoms. The zero-order valence-corrected chi connectivity index (χ0v) is 8.99. The smallest absolute Gasteiger partial charge is 0.0934 e. The summed E-state index contributed by atoms with van der Waals surface area (Å²) in [6.45, 7) is 0.574. The molecule has 3 heteroatoms. The second kappa shape index (κ2) is 4.98. The van der Waals surface area contributed by atoms with E-state index in [1.165, 1.54) is 0 Å². The minimum Gasteiger partial charge on any atom is -0.387 e. The van der Waals surface area contributed by atoms with Crippen LogP contribution in [-0.2, 0) is 0 Å². The van der Waals surface area contributed by atoms with Gasteiger partial charge in [-0.2, -0.15) is 0 Å². The zero-order chi connectivity index (χ0) is 10.6. The fourth-order valence-corrected chi connectivity index (χ4v) is 1.48. The first-order chi connectivity index (χ1) is 6.66. The highest BCUT2D eigenvalue weighted by Gasteiger charge is 2.11. The maximum absolute atomic E-state index is 9.86. The molecule has 0 aliphatic heterocycles. The average molecular weight is 194 g/mol. The van der Waals surface area contributed by atoms with Crippen LogP contribution >= 0.6 is 0 Å². The molecule has 0 heterocycles. The Morgan fingerprint density at radius 2 is 2.00 bits per heavy atom. The van der Waals surface area contributed by atoms with Crippen molar-refractivity contribution in [3.8, 4) is 0 Å². The number of hydrogen-bond acceptors (Lipinski definition) is 3. The number of rotatable bonds is 4. The summed E-state index contributed by atoms with van der Waals surface area (Å²) < 4.78 is 0. The van der Waals surface area contributed by atoms with Gasteiger partial charge in [0.1, 0.15) is 0 Å². The van der Waals surface area contributed by atoms with Crippen molar-refractivity contribution in [1.82, 2.24) is 5.32 Å². The Morgan fingerprint density at radius 3 is 2.57 bits per heavy atom. The Morgan fingerprint density at radius 1 is 1.36 bits per heavy atom. The SMILES string of the molecule is CNCC(O)c1ccccc1N(C)C. The van der Waals surface area contributed by atoms with Crippen molar-refractivity contribution in [2.75, 3.05) is 32.6 Å². The first-order valence-electron chi connectivity index (χ1n) is 4.75.